The Bertz CT molecular complexity index is 459. The molecule has 0 aliphatic heterocycles. The number of carbonyl (C=O) groups is 1. The third-order valence-electron chi connectivity index (χ3n) is 2.02. The molecule has 5 nitrogen and oxygen atoms in total. The number of anilines is 1. The van der Waals surface area contributed by atoms with Crippen LogP contribution in [0.1, 0.15) is 0 Å². The van der Waals surface area contributed by atoms with Crippen molar-refractivity contribution in [2.75, 3.05) is 11.9 Å². The predicted octanol–water partition coefficient (Wildman–Crippen LogP) is 1.88. The van der Waals surface area contributed by atoms with Gasteiger partial charge < -0.3 is 4.90 Å². The summed E-state index contributed by atoms with van der Waals surface area (Å²) in [6.45, 7) is 3.28. The normalized spacial score (nSPS) is 9.62. The first kappa shape index (κ1) is 11.8. The van der Waals surface area contributed by atoms with Crippen LogP contribution in [0.5, 0.6) is 0 Å². The van der Waals surface area contributed by atoms with Gasteiger partial charge in [-0.05, 0) is 18.2 Å². The standard InChI is InChI=1S/C10H9FN2O3/c1-3-10(14)12(2)7-4-5-8(11)9(6-7)13(15)16/h3-6H,1H2,2H3. The number of halogens is 1. The molecule has 84 valence electrons. The minimum Gasteiger partial charge on any atom is -0.312 e. The van der Waals surface area contributed by atoms with E-state index >= 15 is 0 Å². The van der Waals surface area contributed by atoms with E-state index in [4.69, 9.17) is 0 Å². The number of benzene rings is 1. The summed E-state index contributed by atoms with van der Waals surface area (Å²) in [5.74, 6) is -1.37. The van der Waals surface area contributed by atoms with Gasteiger partial charge in [0.25, 0.3) is 0 Å². The first-order valence-corrected chi connectivity index (χ1v) is 4.31. The summed E-state index contributed by atoms with van der Waals surface area (Å²) >= 11 is 0. The fraction of sp³-hybridized carbons (Fsp3) is 0.100. The minimum atomic E-state index is -0.937. The molecule has 1 aromatic rings. The average molecular weight is 224 g/mol. The van der Waals surface area contributed by atoms with Crippen LogP contribution in [0.2, 0.25) is 0 Å². The van der Waals surface area contributed by atoms with Gasteiger partial charge in [0.05, 0.1) is 10.6 Å². The third kappa shape index (κ3) is 2.22. The summed E-state index contributed by atoms with van der Waals surface area (Å²) in [7, 11) is 1.42. The molecule has 0 spiro atoms. The van der Waals surface area contributed by atoms with Crippen molar-refractivity contribution in [3.63, 3.8) is 0 Å². The number of nitro benzene ring substituents is 1. The highest BCUT2D eigenvalue weighted by Gasteiger charge is 2.17. The Morgan fingerprint density at radius 2 is 2.25 bits per heavy atom. The molecule has 0 N–H and O–H groups in total. The highest BCUT2D eigenvalue weighted by atomic mass is 19.1. The molecule has 1 rings (SSSR count). The molecular formula is C10H9FN2O3. The maximum absolute atomic E-state index is 13.0. The molecule has 0 unspecified atom stereocenters. The third-order valence-corrected chi connectivity index (χ3v) is 2.02. The zero-order valence-electron chi connectivity index (χ0n) is 8.51. The van der Waals surface area contributed by atoms with Crippen molar-refractivity contribution in [3.05, 3.63) is 46.8 Å². The number of rotatable bonds is 3. The molecule has 0 aliphatic rings. The van der Waals surface area contributed by atoms with Gasteiger partial charge in [-0.2, -0.15) is 4.39 Å². The molecule has 0 saturated carbocycles. The molecule has 1 aromatic carbocycles. The van der Waals surface area contributed by atoms with Crippen molar-refractivity contribution in [1.29, 1.82) is 0 Å². The summed E-state index contributed by atoms with van der Waals surface area (Å²) in [6.07, 6.45) is 1.06. The predicted molar refractivity (Wildman–Crippen MR) is 56.7 cm³/mol. The lowest BCUT2D eigenvalue weighted by Gasteiger charge is -2.14. The number of hydrogen-bond donors (Lipinski definition) is 0. The monoisotopic (exact) mass is 224 g/mol. The fourth-order valence-electron chi connectivity index (χ4n) is 1.11. The number of hydrogen-bond acceptors (Lipinski definition) is 3. The molecular weight excluding hydrogens is 215 g/mol. The Hall–Kier alpha value is -2.24. The van der Waals surface area contributed by atoms with E-state index in [1.165, 1.54) is 13.1 Å². The van der Waals surface area contributed by atoms with Gasteiger partial charge in [-0.3, -0.25) is 14.9 Å². The SMILES string of the molecule is C=CC(=O)N(C)c1ccc(F)c([N+](=O)[O-])c1. The second-order valence-electron chi connectivity index (χ2n) is 2.99. The smallest absolute Gasteiger partial charge is 0.306 e. The first-order valence-electron chi connectivity index (χ1n) is 4.31. The minimum absolute atomic E-state index is 0.234. The number of carbonyl (C=O) groups excluding carboxylic acids is 1. The summed E-state index contributed by atoms with van der Waals surface area (Å²) < 4.78 is 13.0. The van der Waals surface area contributed by atoms with E-state index in [0.29, 0.717) is 0 Å². The molecule has 0 bridgehead atoms. The van der Waals surface area contributed by atoms with E-state index in [2.05, 4.69) is 6.58 Å². The topological polar surface area (TPSA) is 63.5 Å². The van der Waals surface area contributed by atoms with E-state index in [-0.39, 0.29) is 5.69 Å². The van der Waals surface area contributed by atoms with Crippen LogP contribution in [0.15, 0.2) is 30.9 Å². The van der Waals surface area contributed by atoms with Crippen molar-refractivity contribution in [3.8, 4) is 0 Å². The van der Waals surface area contributed by atoms with Crippen molar-refractivity contribution in [2.45, 2.75) is 0 Å². The molecule has 16 heavy (non-hydrogen) atoms. The van der Waals surface area contributed by atoms with Crippen LogP contribution >= 0.6 is 0 Å². The van der Waals surface area contributed by atoms with E-state index in [0.717, 1.165) is 23.1 Å². The van der Waals surface area contributed by atoms with Crippen molar-refractivity contribution in [1.82, 2.24) is 0 Å². The molecule has 1 amide bonds. The fourth-order valence-corrected chi connectivity index (χ4v) is 1.11. The maximum atomic E-state index is 13.0. The molecule has 0 aliphatic carbocycles. The van der Waals surface area contributed by atoms with Crippen LogP contribution in [0, 0.1) is 15.9 Å². The van der Waals surface area contributed by atoms with Crippen molar-refractivity contribution >= 4 is 17.3 Å². The zero-order chi connectivity index (χ0) is 12.3. The van der Waals surface area contributed by atoms with Gasteiger partial charge in [0, 0.05) is 13.1 Å². The maximum Gasteiger partial charge on any atom is 0.306 e. The molecule has 6 heteroatoms. The highest BCUT2D eigenvalue weighted by molar-refractivity contribution is 6.00. The Kier molecular flexibility index (Phi) is 3.34. The first-order chi connectivity index (χ1) is 7.47. The molecule has 0 fully saturated rings. The van der Waals surface area contributed by atoms with Crippen LogP contribution < -0.4 is 4.90 Å². The summed E-state index contributed by atoms with van der Waals surface area (Å²) in [6, 6.07) is 3.22. The van der Waals surface area contributed by atoms with Gasteiger partial charge in [-0.1, -0.05) is 6.58 Å². The van der Waals surface area contributed by atoms with Gasteiger partial charge in [0.1, 0.15) is 0 Å². The Morgan fingerprint density at radius 3 is 2.75 bits per heavy atom. The summed E-state index contributed by atoms with van der Waals surface area (Å²) in [4.78, 5) is 22.0. The van der Waals surface area contributed by atoms with Crippen LogP contribution in [0.4, 0.5) is 15.8 Å². The van der Waals surface area contributed by atoms with E-state index < -0.39 is 22.3 Å². The van der Waals surface area contributed by atoms with Crippen LogP contribution in [-0.2, 0) is 4.79 Å². The number of nitro groups is 1. The molecule has 0 atom stereocenters. The molecule has 0 radical (unpaired) electrons. The van der Waals surface area contributed by atoms with Gasteiger partial charge >= 0.3 is 5.69 Å². The number of amides is 1. The quantitative estimate of drug-likeness (QED) is 0.447. The lowest BCUT2D eigenvalue weighted by molar-refractivity contribution is -0.387. The van der Waals surface area contributed by atoms with Crippen LogP contribution in [-0.4, -0.2) is 17.9 Å². The van der Waals surface area contributed by atoms with Crippen LogP contribution in [0.25, 0.3) is 0 Å². The van der Waals surface area contributed by atoms with E-state index in [1.807, 2.05) is 0 Å². The molecule has 0 aromatic heterocycles. The number of nitrogens with zero attached hydrogens (tertiary/aromatic N) is 2. The Labute approximate surface area is 90.9 Å². The average Bonchev–Trinajstić information content (AvgIpc) is 2.27. The van der Waals surface area contributed by atoms with E-state index in [1.54, 1.807) is 0 Å². The molecule has 0 heterocycles. The van der Waals surface area contributed by atoms with Crippen molar-refractivity contribution < 1.29 is 14.1 Å². The van der Waals surface area contributed by atoms with Crippen molar-refractivity contribution in [2.24, 2.45) is 0 Å². The Balaban J connectivity index is 3.17. The molecule has 0 saturated heterocycles. The van der Waals surface area contributed by atoms with Gasteiger partial charge in [-0.15, -0.1) is 0 Å². The van der Waals surface area contributed by atoms with Gasteiger partial charge in [0.2, 0.25) is 11.7 Å². The lowest BCUT2D eigenvalue weighted by atomic mass is 10.2. The second-order valence-corrected chi connectivity index (χ2v) is 2.99. The summed E-state index contributed by atoms with van der Waals surface area (Å²) in [5, 5.41) is 10.5. The lowest BCUT2D eigenvalue weighted by Crippen LogP contribution is -2.23. The van der Waals surface area contributed by atoms with Gasteiger partial charge in [-0.25, -0.2) is 0 Å². The van der Waals surface area contributed by atoms with Crippen LogP contribution in [0.3, 0.4) is 0 Å². The van der Waals surface area contributed by atoms with E-state index in [9.17, 15) is 19.3 Å². The Morgan fingerprint density at radius 1 is 1.62 bits per heavy atom. The largest absolute Gasteiger partial charge is 0.312 e. The number of likely N-dealkylation sites (N-methyl/N-ethyl adjacent to an activating group) is 1. The summed E-state index contributed by atoms with van der Waals surface area (Å²) in [5.41, 5.74) is -0.431. The second kappa shape index (κ2) is 4.52. The highest BCUT2D eigenvalue weighted by Crippen LogP contribution is 2.23. The van der Waals surface area contributed by atoms with Gasteiger partial charge in [0.15, 0.2) is 0 Å². The zero-order valence-corrected chi connectivity index (χ0v) is 8.51.